The number of benzene rings is 2. The average molecular weight is 461 g/mol. The minimum absolute atomic E-state index is 0.0185. The van der Waals surface area contributed by atoms with E-state index in [0.717, 1.165) is 35.7 Å². The summed E-state index contributed by atoms with van der Waals surface area (Å²) < 4.78 is 73.6. The summed E-state index contributed by atoms with van der Waals surface area (Å²) in [7, 11) is -2.89. The van der Waals surface area contributed by atoms with Gasteiger partial charge in [0.05, 0.1) is 30.6 Å². The maximum atomic E-state index is 13.6. The van der Waals surface area contributed by atoms with Crippen LogP contribution in [-0.4, -0.2) is 34.7 Å². The van der Waals surface area contributed by atoms with Crippen LogP contribution in [0.1, 0.15) is 24.8 Å². The van der Waals surface area contributed by atoms with Crippen LogP contribution in [0.4, 0.5) is 24.5 Å². The SMILES string of the molecule is COc1ccc(Cl)cc1S(=O)(=O)N1C[C@@H]2CCCCN2c2ccc(C(F)(F)F)cc21. The first-order valence-electron chi connectivity index (χ1n) is 9.47. The van der Waals surface area contributed by atoms with E-state index in [-0.39, 0.29) is 33.9 Å². The first-order valence-corrected chi connectivity index (χ1v) is 11.3. The molecule has 2 aliphatic heterocycles. The molecule has 2 aromatic carbocycles. The Labute approximate surface area is 178 Å². The number of piperidine rings is 1. The molecular weight excluding hydrogens is 441 g/mol. The van der Waals surface area contributed by atoms with Gasteiger partial charge in [0.1, 0.15) is 10.6 Å². The molecule has 162 valence electrons. The molecular formula is C20H20ClF3N2O3S. The molecule has 1 fully saturated rings. The maximum Gasteiger partial charge on any atom is 0.416 e. The van der Waals surface area contributed by atoms with Crippen LogP contribution in [-0.2, 0) is 16.2 Å². The van der Waals surface area contributed by atoms with Crippen molar-refractivity contribution < 1.29 is 26.3 Å². The summed E-state index contributed by atoms with van der Waals surface area (Å²) in [5.74, 6) is 0.0824. The van der Waals surface area contributed by atoms with Gasteiger partial charge in [-0.15, -0.1) is 0 Å². The number of fused-ring (bicyclic) bond motifs is 3. The monoisotopic (exact) mass is 460 g/mol. The molecule has 2 aliphatic rings. The van der Waals surface area contributed by atoms with Crippen LogP contribution < -0.4 is 13.9 Å². The molecule has 0 aromatic heterocycles. The largest absolute Gasteiger partial charge is 0.495 e. The molecule has 10 heteroatoms. The van der Waals surface area contributed by atoms with Crippen LogP contribution in [0.3, 0.4) is 0 Å². The second-order valence-corrected chi connectivity index (χ2v) is 9.64. The first-order chi connectivity index (χ1) is 14.1. The summed E-state index contributed by atoms with van der Waals surface area (Å²) in [5, 5.41) is 0.190. The van der Waals surface area contributed by atoms with Gasteiger partial charge in [-0.2, -0.15) is 13.2 Å². The van der Waals surface area contributed by atoms with E-state index >= 15 is 0 Å². The fourth-order valence-electron chi connectivity index (χ4n) is 4.14. The third-order valence-electron chi connectivity index (χ3n) is 5.58. The van der Waals surface area contributed by atoms with Crippen molar-refractivity contribution in [1.82, 2.24) is 0 Å². The highest BCUT2D eigenvalue weighted by molar-refractivity contribution is 7.93. The number of anilines is 2. The highest BCUT2D eigenvalue weighted by Crippen LogP contribution is 2.45. The number of ether oxygens (including phenoxy) is 1. The highest BCUT2D eigenvalue weighted by atomic mass is 35.5. The quantitative estimate of drug-likeness (QED) is 0.651. The third-order valence-corrected chi connectivity index (χ3v) is 7.61. The van der Waals surface area contributed by atoms with Crippen LogP contribution in [0.5, 0.6) is 5.75 Å². The molecule has 0 saturated carbocycles. The zero-order valence-corrected chi connectivity index (χ0v) is 17.7. The van der Waals surface area contributed by atoms with Crippen LogP contribution in [0, 0.1) is 0 Å². The van der Waals surface area contributed by atoms with Crippen molar-refractivity contribution in [2.75, 3.05) is 29.4 Å². The highest BCUT2D eigenvalue weighted by Gasteiger charge is 2.41. The van der Waals surface area contributed by atoms with Gasteiger partial charge in [-0.1, -0.05) is 11.6 Å². The predicted octanol–water partition coefficient (Wildman–Crippen LogP) is 4.94. The summed E-state index contributed by atoms with van der Waals surface area (Å²) in [6.45, 7) is 0.740. The second-order valence-electron chi connectivity index (χ2n) is 7.38. The maximum absolute atomic E-state index is 13.6. The zero-order valence-electron chi connectivity index (χ0n) is 16.1. The molecule has 0 spiro atoms. The summed E-state index contributed by atoms with van der Waals surface area (Å²) in [6.07, 6.45) is -1.98. The van der Waals surface area contributed by atoms with Crippen molar-refractivity contribution in [3.8, 4) is 5.75 Å². The molecule has 0 radical (unpaired) electrons. The van der Waals surface area contributed by atoms with Gasteiger partial charge in [-0.05, 0) is 55.7 Å². The molecule has 4 rings (SSSR count). The molecule has 30 heavy (non-hydrogen) atoms. The predicted molar refractivity (Wildman–Crippen MR) is 109 cm³/mol. The van der Waals surface area contributed by atoms with Gasteiger partial charge in [0.15, 0.2) is 0 Å². The van der Waals surface area contributed by atoms with Crippen molar-refractivity contribution >= 4 is 33.0 Å². The minimum Gasteiger partial charge on any atom is -0.495 e. The smallest absolute Gasteiger partial charge is 0.416 e. The molecule has 0 N–H and O–H groups in total. The van der Waals surface area contributed by atoms with E-state index < -0.39 is 21.8 Å². The van der Waals surface area contributed by atoms with Crippen LogP contribution in [0.15, 0.2) is 41.3 Å². The lowest BCUT2D eigenvalue weighted by Crippen LogP contribution is -2.53. The number of methoxy groups -OCH3 is 1. The van der Waals surface area contributed by atoms with Gasteiger partial charge in [0.2, 0.25) is 0 Å². The van der Waals surface area contributed by atoms with E-state index in [1.165, 1.54) is 31.4 Å². The van der Waals surface area contributed by atoms with Crippen molar-refractivity contribution in [1.29, 1.82) is 0 Å². The Bertz CT molecular complexity index is 1080. The third kappa shape index (κ3) is 3.58. The Morgan fingerprint density at radius 2 is 1.87 bits per heavy atom. The van der Waals surface area contributed by atoms with Gasteiger partial charge in [0, 0.05) is 17.6 Å². The zero-order chi connectivity index (χ0) is 21.7. The second kappa shape index (κ2) is 7.53. The van der Waals surface area contributed by atoms with Crippen LogP contribution in [0.25, 0.3) is 0 Å². The lowest BCUT2D eigenvalue weighted by atomic mass is 9.97. The van der Waals surface area contributed by atoms with Crippen molar-refractivity contribution in [2.45, 2.75) is 36.4 Å². The lowest BCUT2D eigenvalue weighted by molar-refractivity contribution is -0.137. The van der Waals surface area contributed by atoms with E-state index in [9.17, 15) is 21.6 Å². The fourth-order valence-corrected chi connectivity index (χ4v) is 6.07. The number of rotatable bonds is 3. The number of halogens is 4. The summed E-state index contributed by atoms with van der Waals surface area (Å²) in [5.41, 5.74) is -0.386. The summed E-state index contributed by atoms with van der Waals surface area (Å²) >= 11 is 6.02. The molecule has 1 saturated heterocycles. The number of hydrogen-bond acceptors (Lipinski definition) is 4. The standard InChI is InChI=1S/C20H20ClF3N2O3S/c1-29-18-8-6-14(21)11-19(18)30(27,28)26-12-15-4-2-3-9-25(15)16-7-5-13(10-17(16)26)20(22,23)24/h5-8,10-11,15H,2-4,9,12H2,1H3/t15-/m0/s1. The van der Waals surface area contributed by atoms with E-state index in [1.54, 1.807) is 0 Å². The van der Waals surface area contributed by atoms with E-state index in [0.29, 0.717) is 12.2 Å². The number of nitrogens with zero attached hydrogens (tertiary/aromatic N) is 2. The summed E-state index contributed by atoms with van der Waals surface area (Å²) in [4.78, 5) is 1.84. The van der Waals surface area contributed by atoms with Gasteiger partial charge in [-0.3, -0.25) is 4.31 Å². The average Bonchev–Trinajstić information content (AvgIpc) is 2.72. The number of alkyl halides is 3. The Kier molecular flexibility index (Phi) is 5.30. The lowest BCUT2D eigenvalue weighted by Gasteiger charge is -2.46. The Morgan fingerprint density at radius 1 is 1.10 bits per heavy atom. The molecule has 0 amide bonds. The Morgan fingerprint density at radius 3 is 2.57 bits per heavy atom. The van der Waals surface area contributed by atoms with E-state index in [2.05, 4.69) is 0 Å². The number of hydrogen-bond donors (Lipinski definition) is 0. The normalized spacial score (nSPS) is 19.3. The Hall–Kier alpha value is -2.13. The molecule has 2 heterocycles. The van der Waals surface area contributed by atoms with Crippen molar-refractivity contribution in [2.24, 2.45) is 0 Å². The molecule has 5 nitrogen and oxygen atoms in total. The molecule has 0 unspecified atom stereocenters. The van der Waals surface area contributed by atoms with Gasteiger partial charge < -0.3 is 9.64 Å². The van der Waals surface area contributed by atoms with Gasteiger partial charge in [-0.25, -0.2) is 8.42 Å². The molecule has 2 aromatic rings. The Balaban J connectivity index is 1.90. The van der Waals surface area contributed by atoms with E-state index in [1.807, 2.05) is 4.90 Å². The number of sulfonamides is 1. The topological polar surface area (TPSA) is 49.9 Å². The van der Waals surface area contributed by atoms with Crippen molar-refractivity contribution in [3.05, 3.63) is 47.0 Å². The minimum atomic E-state index is -4.59. The molecule has 0 aliphatic carbocycles. The van der Waals surface area contributed by atoms with Gasteiger partial charge in [0.25, 0.3) is 10.0 Å². The fraction of sp³-hybridized carbons (Fsp3) is 0.400. The first kappa shape index (κ1) is 21.1. The summed E-state index contributed by atoms with van der Waals surface area (Å²) in [6, 6.07) is 7.36. The molecule has 0 bridgehead atoms. The van der Waals surface area contributed by atoms with Crippen LogP contribution in [0.2, 0.25) is 5.02 Å². The van der Waals surface area contributed by atoms with Gasteiger partial charge >= 0.3 is 6.18 Å². The molecule has 1 atom stereocenters. The van der Waals surface area contributed by atoms with Crippen LogP contribution >= 0.6 is 11.6 Å². The van der Waals surface area contributed by atoms with E-state index in [4.69, 9.17) is 16.3 Å². The van der Waals surface area contributed by atoms with Crippen molar-refractivity contribution in [3.63, 3.8) is 0 Å².